The molecule has 0 aromatic heterocycles. The fourth-order valence-electron chi connectivity index (χ4n) is 0.887. The Hall–Kier alpha value is -0.570. The van der Waals surface area contributed by atoms with Gasteiger partial charge >= 0.3 is 0 Å². The molecular formula is C11H14BrFO. The predicted molar refractivity (Wildman–Crippen MR) is 59.1 cm³/mol. The molecule has 0 aliphatic rings. The van der Waals surface area contributed by atoms with E-state index >= 15 is 0 Å². The number of rotatable bonds is 2. The van der Waals surface area contributed by atoms with Crippen molar-refractivity contribution >= 4 is 15.9 Å². The van der Waals surface area contributed by atoms with Crippen molar-refractivity contribution in [2.45, 2.75) is 20.8 Å². The van der Waals surface area contributed by atoms with Crippen molar-refractivity contribution in [3.8, 4) is 5.75 Å². The number of hydrogen-bond donors (Lipinski definition) is 0. The van der Waals surface area contributed by atoms with Crippen molar-refractivity contribution in [2.75, 3.05) is 6.61 Å². The minimum atomic E-state index is -0.264. The summed E-state index contributed by atoms with van der Waals surface area (Å²) in [6, 6.07) is 4.42. The molecule has 0 saturated heterocycles. The maximum atomic E-state index is 12.7. The van der Waals surface area contributed by atoms with Crippen LogP contribution >= 0.6 is 15.9 Å². The zero-order valence-corrected chi connectivity index (χ0v) is 10.2. The summed E-state index contributed by atoms with van der Waals surface area (Å²) in [5.74, 6) is 0.418. The third-order valence-corrected chi connectivity index (χ3v) is 2.17. The second-order valence-corrected chi connectivity index (χ2v) is 5.28. The van der Waals surface area contributed by atoms with Gasteiger partial charge in [-0.15, -0.1) is 0 Å². The lowest BCUT2D eigenvalue weighted by atomic mass is 9.99. The standard InChI is InChI=1S/C11H14BrFO/c1-11(2,3)7-14-10-5-4-8(13)6-9(10)12/h4-6H,7H2,1-3H3. The Kier molecular flexibility index (Phi) is 3.53. The third kappa shape index (κ3) is 3.66. The Morgan fingerprint density at radius 3 is 2.50 bits per heavy atom. The molecule has 0 amide bonds. The maximum absolute atomic E-state index is 12.7. The van der Waals surface area contributed by atoms with Gasteiger partial charge in [-0.2, -0.15) is 0 Å². The molecule has 0 aliphatic heterocycles. The van der Waals surface area contributed by atoms with E-state index in [1.807, 2.05) is 0 Å². The SMILES string of the molecule is CC(C)(C)COc1ccc(F)cc1Br. The first-order valence-corrected chi connectivity index (χ1v) is 5.26. The molecule has 0 radical (unpaired) electrons. The molecule has 3 heteroatoms. The van der Waals surface area contributed by atoms with Crippen LogP contribution in [0.5, 0.6) is 5.75 Å². The first-order chi connectivity index (χ1) is 6.38. The van der Waals surface area contributed by atoms with E-state index < -0.39 is 0 Å². The zero-order chi connectivity index (χ0) is 10.8. The molecule has 14 heavy (non-hydrogen) atoms. The summed E-state index contributed by atoms with van der Waals surface area (Å²) < 4.78 is 18.9. The van der Waals surface area contributed by atoms with Gasteiger partial charge in [-0.05, 0) is 39.5 Å². The van der Waals surface area contributed by atoms with Crippen molar-refractivity contribution in [2.24, 2.45) is 5.41 Å². The Labute approximate surface area is 92.4 Å². The summed E-state index contributed by atoms with van der Waals surface area (Å²) in [7, 11) is 0. The Morgan fingerprint density at radius 2 is 2.00 bits per heavy atom. The van der Waals surface area contributed by atoms with Gasteiger partial charge in [-0.3, -0.25) is 0 Å². The second kappa shape index (κ2) is 4.30. The summed E-state index contributed by atoms with van der Waals surface area (Å²) in [5, 5.41) is 0. The van der Waals surface area contributed by atoms with Crippen molar-refractivity contribution in [3.05, 3.63) is 28.5 Å². The van der Waals surface area contributed by atoms with E-state index in [1.54, 1.807) is 6.07 Å². The zero-order valence-electron chi connectivity index (χ0n) is 8.60. The lowest BCUT2D eigenvalue weighted by molar-refractivity contribution is 0.196. The lowest BCUT2D eigenvalue weighted by Gasteiger charge is -2.19. The quantitative estimate of drug-likeness (QED) is 0.781. The van der Waals surface area contributed by atoms with Crippen LogP contribution in [0.25, 0.3) is 0 Å². The average molecular weight is 261 g/mol. The molecule has 0 fully saturated rings. The molecule has 78 valence electrons. The maximum Gasteiger partial charge on any atom is 0.133 e. The van der Waals surface area contributed by atoms with Gasteiger partial charge in [0.2, 0.25) is 0 Å². The average Bonchev–Trinajstić information content (AvgIpc) is 2.00. The highest BCUT2D eigenvalue weighted by Gasteiger charge is 2.12. The fourth-order valence-corrected chi connectivity index (χ4v) is 1.35. The van der Waals surface area contributed by atoms with Gasteiger partial charge in [-0.25, -0.2) is 4.39 Å². The highest BCUT2D eigenvalue weighted by molar-refractivity contribution is 9.10. The summed E-state index contributed by atoms with van der Waals surface area (Å²) in [5.41, 5.74) is 0.105. The molecule has 1 aromatic rings. The Bertz CT molecular complexity index is 318. The van der Waals surface area contributed by atoms with Crippen LogP contribution < -0.4 is 4.74 Å². The second-order valence-electron chi connectivity index (χ2n) is 4.42. The van der Waals surface area contributed by atoms with Gasteiger partial charge in [0, 0.05) is 0 Å². The smallest absolute Gasteiger partial charge is 0.133 e. The summed E-state index contributed by atoms with van der Waals surface area (Å²) in [6.45, 7) is 6.87. The van der Waals surface area contributed by atoms with E-state index in [2.05, 4.69) is 36.7 Å². The van der Waals surface area contributed by atoms with Crippen LogP contribution in [0.3, 0.4) is 0 Å². The molecule has 0 bridgehead atoms. The van der Waals surface area contributed by atoms with Crippen LogP contribution in [0.4, 0.5) is 4.39 Å². The molecule has 0 aliphatic carbocycles. The summed E-state index contributed by atoms with van der Waals surface area (Å²) in [4.78, 5) is 0. The molecule has 0 spiro atoms. The van der Waals surface area contributed by atoms with Gasteiger partial charge < -0.3 is 4.74 Å². The highest BCUT2D eigenvalue weighted by atomic mass is 79.9. The van der Waals surface area contributed by atoms with Crippen LogP contribution in [0.1, 0.15) is 20.8 Å². The first kappa shape index (κ1) is 11.5. The fraction of sp³-hybridized carbons (Fsp3) is 0.455. The Balaban J connectivity index is 2.68. The van der Waals surface area contributed by atoms with Crippen molar-refractivity contribution < 1.29 is 9.13 Å². The number of ether oxygens (including phenoxy) is 1. The van der Waals surface area contributed by atoms with Crippen molar-refractivity contribution in [3.63, 3.8) is 0 Å². The van der Waals surface area contributed by atoms with Crippen LogP contribution in [-0.4, -0.2) is 6.61 Å². The molecule has 1 rings (SSSR count). The third-order valence-electron chi connectivity index (χ3n) is 1.55. The highest BCUT2D eigenvalue weighted by Crippen LogP contribution is 2.27. The molecular weight excluding hydrogens is 247 g/mol. The van der Waals surface area contributed by atoms with Crippen LogP contribution in [-0.2, 0) is 0 Å². The van der Waals surface area contributed by atoms with E-state index in [1.165, 1.54) is 12.1 Å². The van der Waals surface area contributed by atoms with E-state index in [9.17, 15) is 4.39 Å². The predicted octanol–water partition coefficient (Wildman–Crippen LogP) is 4.01. The molecule has 0 N–H and O–H groups in total. The van der Waals surface area contributed by atoms with E-state index in [4.69, 9.17) is 4.74 Å². The van der Waals surface area contributed by atoms with Gasteiger partial charge in [0.15, 0.2) is 0 Å². The monoisotopic (exact) mass is 260 g/mol. The molecule has 1 nitrogen and oxygen atoms in total. The number of hydrogen-bond acceptors (Lipinski definition) is 1. The number of halogens is 2. The molecule has 0 heterocycles. The minimum Gasteiger partial charge on any atom is -0.492 e. The first-order valence-electron chi connectivity index (χ1n) is 4.46. The largest absolute Gasteiger partial charge is 0.492 e. The molecule has 1 aromatic carbocycles. The number of benzene rings is 1. The Morgan fingerprint density at radius 1 is 1.36 bits per heavy atom. The summed E-state index contributed by atoms with van der Waals surface area (Å²) >= 11 is 3.25. The van der Waals surface area contributed by atoms with Crippen LogP contribution in [0, 0.1) is 11.2 Å². The summed E-state index contributed by atoms with van der Waals surface area (Å²) in [6.07, 6.45) is 0. The van der Waals surface area contributed by atoms with Crippen LogP contribution in [0.2, 0.25) is 0 Å². The van der Waals surface area contributed by atoms with Gasteiger partial charge in [0.25, 0.3) is 0 Å². The molecule has 0 atom stereocenters. The molecule has 0 saturated carbocycles. The van der Waals surface area contributed by atoms with Crippen LogP contribution in [0.15, 0.2) is 22.7 Å². The van der Waals surface area contributed by atoms with Crippen molar-refractivity contribution in [1.82, 2.24) is 0 Å². The topological polar surface area (TPSA) is 9.23 Å². The van der Waals surface area contributed by atoms with E-state index in [-0.39, 0.29) is 11.2 Å². The minimum absolute atomic E-state index is 0.105. The van der Waals surface area contributed by atoms with E-state index in [0.717, 1.165) is 0 Å². The van der Waals surface area contributed by atoms with Gasteiger partial charge in [0.1, 0.15) is 11.6 Å². The lowest BCUT2D eigenvalue weighted by Crippen LogP contribution is -2.17. The normalized spacial score (nSPS) is 11.5. The molecule has 0 unspecified atom stereocenters. The van der Waals surface area contributed by atoms with Gasteiger partial charge in [-0.1, -0.05) is 20.8 Å². The van der Waals surface area contributed by atoms with Crippen molar-refractivity contribution in [1.29, 1.82) is 0 Å². The van der Waals surface area contributed by atoms with E-state index in [0.29, 0.717) is 16.8 Å². The van der Waals surface area contributed by atoms with Gasteiger partial charge in [0.05, 0.1) is 11.1 Å².